The molecule has 3 amide bonds. The summed E-state index contributed by atoms with van der Waals surface area (Å²) >= 11 is 0.499. The quantitative estimate of drug-likeness (QED) is 0.195. The largest absolute Gasteiger partial charge is 0.484 e. The van der Waals surface area contributed by atoms with Crippen LogP contribution in [0.25, 0.3) is 0 Å². The second-order valence-corrected chi connectivity index (χ2v) is 7.84. The summed E-state index contributed by atoms with van der Waals surface area (Å²) in [6.07, 6.45) is 0. The van der Waals surface area contributed by atoms with Crippen LogP contribution in [0.1, 0.15) is 10.4 Å². The summed E-state index contributed by atoms with van der Waals surface area (Å²) in [5, 5.41) is 11.3. The van der Waals surface area contributed by atoms with Crippen LogP contribution in [-0.2, 0) is 23.9 Å². The van der Waals surface area contributed by atoms with Crippen molar-refractivity contribution in [1.29, 1.82) is 0 Å². The van der Waals surface area contributed by atoms with Gasteiger partial charge in [0.1, 0.15) is 17.2 Å². The number of hydrogen-bond acceptors (Lipinski definition) is 10. The molecule has 176 valence electrons. The Hall–Kier alpha value is -4.26. The fourth-order valence-corrected chi connectivity index (χ4v) is 4.01. The maximum Gasteiger partial charge on any atom is 0.397 e. The van der Waals surface area contributed by atoms with Crippen LogP contribution in [0.3, 0.4) is 0 Å². The van der Waals surface area contributed by atoms with E-state index in [0.717, 1.165) is 19.2 Å². The lowest BCUT2D eigenvalue weighted by atomic mass is 10.1. The third kappa shape index (κ3) is 5.38. The summed E-state index contributed by atoms with van der Waals surface area (Å²) in [5.41, 5.74) is -0.177. The Morgan fingerprint density at radius 1 is 1.09 bits per heavy atom. The molecule has 1 aliphatic heterocycles. The molecule has 1 N–H and O–H groups in total. The molecule has 2 aromatic rings. The predicted octanol–water partition coefficient (Wildman–Crippen LogP) is 0.900. The van der Waals surface area contributed by atoms with Gasteiger partial charge in [-0.25, -0.2) is 4.79 Å². The molecule has 2 atom stereocenters. The van der Waals surface area contributed by atoms with Crippen LogP contribution in [0.2, 0.25) is 0 Å². The first kappa shape index (κ1) is 24.4. The maximum atomic E-state index is 12.7. The standard InChI is InChI=1S/C21H17N3O9S/c1-32-20(28)18(27)23-17(26)16(22-15(25)11-33-14-5-3-2-4-6-14)19(23)34-21(29)12-7-9-13(10-8-12)24(30)31/h2-10,16,19H,11H2,1H3,(H,22,25)/t16-,19-/m1/s1. The lowest BCUT2D eigenvalue weighted by molar-refractivity contribution is -0.384. The second-order valence-electron chi connectivity index (χ2n) is 6.75. The molecule has 1 heterocycles. The zero-order chi connectivity index (χ0) is 24.8. The van der Waals surface area contributed by atoms with Crippen LogP contribution in [0.5, 0.6) is 5.75 Å². The molecule has 2 aromatic carbocycles. The highest BCUT2D eigenvalue weighted by Crippen LogP contribution is 2.33. The van der Waals surface area contributed by atoms with Gasteiger partial charge in [-0.3, -0.25) is 34.2 Å². The number of esters is 1. The van der Waals surface area contributed by atoms with E-state index >= 15 is 0 Å². The molecule has 0 spiro atoms. The number of amides is 3. The minimum atomic E-state index is -1.32. The van der Waals surface area contributed by atoms with Crippen molar-refractivity contribution in [2.24, 2.45) is 0 Å². The summed E-state index contributed by atoms with van der Waals surface area (Å²) < 4.78 is 9.66. The van der Waals surface area contributed by atoms with Crippen LogP contribution in [0, 0.1) is 10.1 Å². The van der Waals surface area contributed by atoms with Crippen molar-refractivity contribution in [3.63, 3.8) is 0 Å². The number of benzene rings is 2. The number of nitrogens with zero attached hydrogens (tertiary/aromatic N) is 2. The number of carbonyl (C=O) groups is 5. The highest BCUT2D eigenvalue weighted by atomic mass is 32.2. The first-order valence-corrected chi connectivity index (χ1v) is 10.5. The first-order chi connectivity index (χ1) is 16.2. The van der Waals surface area contributed by atoms with Crippen LogP contribution < -0.4 is 10.1 Å². The molecule has 0 saturated carbocycles. The summed E-state index contributed by atoms with van der Waals surface area (Å²) in [7, 11) is 0.953. The number of nitro benzene ring substituents is 1. The second kappa shape index (κ2) is 10.6. The van der Waals surface area contributed by atoms with Crippen molar-refractivity contribution >= 4 is 46.3 Å². The molecule has 1 saturated heterocycles. The van der Waals surface area contributed by atoms with E-state index in [4.69, 9.17) is 4.74 Å². The number of ether oxygens (including phenoxy) is 2. The summed E-state index contributed by atoms with van der Waals surface area (Å²) in [6, 6.07) is 11.8. The van der Waals surface area contributed by atoms with E-state index in [1.807, 2.05) is 0 Å². The van der Waals surface area contributed by atoms with Crippen LogP contribution in [-0.4, -0.2) is 63.8 Å². The minimum Gasteiger partial charge on any atom is -0.484 e. The minimum absolute atomic E-state index is 0.0536. The Morgan fingerprint density at radius 3 is 2.32 bits per heavy atom. The van der Waals surface area contributed by atoms with Crippen molar-refractivity contribution in [1.82, 2.24) is 10.2 Å². The number of para-hydroxylation sites is 1. The van der Waals surface area contributed by atoms with E-state index in [0.29, 0.717) is 22.4 Å². The molecule has 1 aliphatic rings. The van der Waals surface area contributed by atoms with E-state index < -0.39 is 51.8 Å². The number of methoxy groups -OCH3 is 1. The van der Waals surface area contributed by atoms with Gasteiger partial charge in [0.25, 0.3) is 17.5 Å². The zero-order valence-corrected chi connectivity index (χ0v) is 18.4. The monoisotopic (exact) mass is 487 g/mol. The number of thioether (sulfide) groups is 1. The lowest BCUT2D eigenvalue weighted by Gasteiger charge is -2.43. The third-order valence-corrected chi connectivity index (χ3v) is 5.77. The Morgan fingerprint density at radius 2 is 1.74 bits per heavy atom. The number of nitro groups is 1. The number of likely N-dealkylation sites (tertiary alicyclic amines) is 1. The Kier molecular flexibility index (Phi) is 7.58. The highest BCUT2D eigenvalue weighted by Gasteiger charge is 2.54. The van der Waals surface area contributed by atoms with Gasteiger partial charge in [-0.15, -0.1) is 0 Å². The molecular formula is C21H17N3O9S. The fraction of sp³-hybridized carbons (Fsp3) is 0.190. The van der Waals surface area contributed by atoms with Crippen molar-refractivity contribution in [2.45, 2.75) is 11.4 Å². The molecule has 13 heteroatoms. The van der Waals surface area contributed by atoms with Gasteiger partial charge in [0.05, 0.1) is 12.0 Å². The van der Waals surface area contributed by atoms with Crippen molar-refractivity contribution in [3.8, 4) is 5.75 Å². The van der Waals surface area contributed by atoms with Crippen LogP contribution in [0.4, 0.5) is 5.69 Å². The molecule has 0 unspecified atom stereocenters. The first-order valence-electron chi connectivity index (χ1n) is 9.61. The number of non-ortho nitro benzene ring substituents is 1. The Balaban J connectivity index is 1.72. The number of hydrogen-bond donors (Lipinski definition) is 1. The molecule has 0 aromatic heterocycles. The number of nitrogens with one attached hydrogen (secondary N) is 1. The van der Waals surface area contributed by atoms with E-state index in [1.165, 1.54) is 12.1 Å². The summed E-state index contributed by atoms with van der Waals surface area (Å²) in [5.74, 6) is -3.80. The van der Waals surface area contributed by atoms with Gasteiger partial charge in [0, 0.05) is 17.7 Å². The van der Waals surface area contributed by atoms with E-state index in [2.05, 4.69) is 10.1 Å². The number of β-lactam (4-membered cyclic amide) rings is 1. The Bertz CT molecular complexity index is 1140. The molecule has 12 nitrogen and oxygen atoms in total. The van der Waals surface area contributed by atoms with Gasteiger partial charge < -0.3 is 14.8 Å². The summed E-state index contributed by atoms with van der Waals surface area (Å²) in [6.45, 7) is -0.438. The molecule has 0 radical (unpaired) electrons. The van der Waals surface area contributed by atoms with E-state index in [9.17, 15) is 34.1 Å². The van der Waals surface area contributed by atoms with Crippen LogP contribution >= 0.6 is 11.8 Å². The number of imide groups is 1. The molecule has 3 rings (SSSR count). The van der Waals surface area contributed by atoms with Crippen molar-refractivity contribution in [3.05, 3.63) is 70.3 Å². The third-order valence-electron chi connectivity index (χ3n) is 4.59. The molecule has 0 aliphatic carbocycles. The van der Waals surface area contributed by atoms with Crippen molar-refractivity contribution in [2.75, 3.05) is 13.7 Å². The topological polar surface area (TPSA) is 162 Å². The van der Waals surface area contributed by atoms with E-state index in [1.54, 1.807) is 30.3 Å². The normalized spacial score (nSPS) is 16.7. The van der Waals surface area contributed by atoms with Crippen molar-refractivity contribution < 1.29 is 38.4 Å². The number of rotatable bonds is 7. The van der Waals surface area contributed by atoms with Crippen LogP contribution in [0.15, 0.2) is 54.6 Å². The SMILES string of the molecule is COC(=O)C(=O)N1C(=O)[C@@H](NC(=O)COc2ccccc2)[C@H]1SC(=O)c1ccc([N+](=O)[O-])cc1. The van der Waals surface area contributed by atoms with Gasteiger partial charge in [0.15, 0.2) is 6.61 Å². The van der Waals surface area contributed by atoms with Gasteiger partial charge >= 0.3 is 11.9 Å². The van der Waals surface area contributed by atoms with Gasteiger partial charge in [-0.05, 0) is 24.3 Å². The van der Waals surface area contributed by atoms with Gasteiger partial charge in [-0.1, -0.05) is 30.0 Å². The van der Waals surface area contributed by atoms with Gasteiger partial charge in [-0.2, -0.15) is 0 Å². The number of carbonyl (C=O) groups excluding carboxylic acids is 5. The average molecular weight is 487 g/mol. The molecule has 1 fully saturated rings. The molecule has 34 heavy (non-hydrogen) atoms. The lowest BCUT2D eigenvalue weighted by Crippen LogP contribution is -2.72. The van der Waals surface area contributed by atoms with Gasteiger partial charge in [0.2, 0.25) is 5.12 Å². The molecule has 0 bridgehead atoms. The predicted molar refractivity (Wildman–Crippen MR) is 117 cm³/mol. The smallest absolute Gasteiger partial charge is 0.397 e. The highest BCUT2D eigenvalue weighted by molar-refractivity contribution is 8.14. The molecular weight excluding hydrogens is 470 g/mol. The average Bonchev–Trinajstić information content (AvgIpc) is 2.85. The van der Waals surface area contributed by atoms with E-state index in [-0.39, 0.29) is 11.3 Å². The Labute approximate surface area is 196 Å². The maximum absolute atomic E-state index is 12.7. The fourth-order valence-electron chi connectivity index (χ4n) is 2.90. The zero-order valence-electron chi connectivity index (χ0n) is 17.5. The summed E-state index contributed by atoms with van der Waals surface area (Å²) in [4.78, 5) is 72.1.